The standard InChI is InChI=1S/C11H13N3S/c1-14-7-6-13-11(14)15-10-5-3-2-4-9(10)8-12/h2-7H,8,12H2,1H3. The molecule has 1 aromatic carbocycles. The van der Waals surface area contributed by atoms with Crippen LogP contribution >= 0.6 is 11.8 Å². The van der Waals surface area contributed by atoms with Crippen molar-refractivity contribution >= 4 is 11.8 Å². The molecule has 0 fully saturated rings. The van der Waals surface area contributed by atoms with Crippen LogP contribution in [0.25, 0.3) is 0 Å². The number of aromatic nitrogens is 2. The lowest BCUT2D eigenvalue weighted by Gasteiger charge is -2.06. The quantitative estimate of drug-likeness (QED) is 0.859. The Kier molecular flexibility index (Phi) is 3.08. The fourth-order valence-corrected chi connectivity index (χ4v) is 2.26. The summed E-state index contributed by atoms with van der Waals surface area (Å²) in [5, 5.41) is 0.982. The van der Waals surface area contributed by atoms with Crippen LogP contribution in [0.5, 0.6) is 0 Å². The van der Waals surface area contributed by atoms with Gasteiger partial charge in [0.05, 0.1) is 0 Å². The van der Waals surface area contributed by atoms with E-state index in [4.69, 9.17) is 5.73 Å². The minimum absolute atomic E-state index is 0.563. The van der Waals surface area contributed by atoms with E-state index in [9.17, 15) is 0 Å². The fourth-order valence-electron chi connectivity index (χ4n) is 1.32. The lowest BCUT2D eigenvalue weighted by Crippen LogP contribution is -1.98. The highest BCUT2D eigenvalue weighted by atomic mass is 32.2. The zero-order valence-electron chi connectivity index (χ0n) is 8.55. The van der Waals surface area contributed by atoms with Crippen LogP contribution in [0.1, 0.15) is 5.56 Å². The molecule has 0 aliphatic carbocycles. The molecule has 2 rings (SSSR count). The molecule has 2 N–H and O–H groups in total. The molecule has 0 atom stereocenters. The summed E-state index contributed by atoms with van der Waals surface area (Å²) in [7, 11) is 1.99. The van der Waals surface area contributed by atoms with Crippen LogP contribution in [0.3, 0.4) is 0 Å². The van der Waals surface area contributed by atoms with Gasteiger partial charge in [-0.2, -0.15) is 0 Å². The summed E-state index contributed by atoms with van der Waals surface area (Å²) in [4.78, 5) is 5.45. The van der Waals surface area contributed by atoms with Gasteiger partial charge in [0.15, 0.2) is 5.16 Å². The van der Waals surface area contributed by atoms with Gasteiger partial charge in [-0.15, -0.1) is 0 Å². The van der Waals surface area contributed by atoms with Crippen molar-refractivity contribution in [2.24, 2.45) is 12.8 Å². The van der Waals surface area contributed by atoms with Gasteiger partial charge >= 0.3 is 0 Å². The minimum Gasteiger partial charge on any atom is -0.329 e. The second-order valence-corrected chi connectivity index (χ2v) is 4.24. The second kappa shape index (κ2) is 4.51. The molecule has 0 aliphatic heterocycles. The lowest BCUT2D eigenvalue weighted by atomic mass is 10.2. The molecule has 0 aliphatic rings. The summed E-state index contributed by atoms with van der Waals surface area (Å²) in [6.45, 7) is 0.563. The van der Waals surface area contributed by atoms with Crippen molar-refractivity contribution in [3.8, 4) is 0 Å². The van der Waals surface area contributed by atoms with Crippen molar-refractivity contribution in [3.05, 3.63) is 42.2 Å². The van der Waals surface area contributed by atoms with E-state index in [-0.39, 0.29) is 0 Å². The second-order valence-electron chi connectivity index (χ2n) is 3.23. The molecule has 0 amide bonds. The predicted octanol–water partition coefficient (Wildman–Crippen LogP) is 2.03. The molecule has 15 heavy (non-hydrogen) atoms. The van der Waals surface area contributed by atoms with Crippen molar-refractivity contribution in [1.29, 1.82) is 0 Å². The van der Waals surface area contributed by atoms with E-state index >= 15 is 0 Å². The maximum atomic E-state index is 5.68. The van der Waals surface area contributed by atoms with E-state index in [0.29, 0.717) is 6.54 Å². The summed E-state index contributed by atoms with van der Waals surface area (Å²) >= 11 is 1.64. The highest BCUT2D eigenvalue weighted by molar-refractivity contribution is 7.99. The third-order valence-electron chi connectivity index (χ3n) is 2.17. The summed E-state index contributed by atoms with van der Waals surface area (Å²) < 4.78 is 2.00. The molecular formula is C11H13N3S. The third kappa shape index (κ3) is 2.22. The van der Waals surface area contributed by atoms with Gasteiger partial charge in [-0.25, -0.2) is 4.98 Å². The SMILES string of the molecule is Cn1ccnc1Sc1ccccc1CN. The van der Waals surface area contributed by atoms with Crippen LogP contribution in [0.15, 0.2) is 46.7 Å². The van der Waals surface area contributed by atoms with Crippen LogP contribution in [0.4, 0.5) is 0 Å². The maximum Gasteiger partial charge on any atom is 0.172 e. The van der Waals surface area contributed by atoms with Gasteiger partial charge < -0.3 is 10.3 Å². The molecule has 1 aromatic heterocycles. The normalized spacial score (nSPS) is 10.5. The van der Waals surface area contributed by atoms with E-state index in [2.05, 4.69) is 11.1 Å². The number of hydrogen-bond acceptors (Lipinski definition) is 3. The van der Waals surface area contributed by atoms with Gasteiger partial charge in [0.2, 0.25) is 0 Å². The number of nitrogens with zero attached hydrogens (tertiary/aromatic N) is 2. The van der Waals surface area contributed by atoms with Gasteiger partial charge in [-0.05, 0) is 11.6 Å². The van der Waals surface area contributed by atoms with Crippen molar-refractivity contribution < 1.29 is 0 Å². The smallest absolute Gasteiger partial charge is 0.172 e. The Bertz CT molecular complexity index is 451. The highest BCUT2D eigenvalue weighted by Crippen LogP contribution is 2.28. The molecule has 3 nitrogen and oxygen atoms in total. The summed E-state index contributed by atoms with van der Waals surface area (Å²) in [6.07, 6.45) is 3.74. The van der Waals surface area contributed by atoms with Crippen molar-refractivity contribution in [2.45, 2.75) is 16.6 Å². The Morgan fingerprint density at radius 2 is 2.20 bits per heavy atom. The number of aryl methyl sites for hydroxylation is 1. The highest BCUT2D eigenvalue weighted by Gasteiger charge is 2.05. The zero-order chi connectivity index (χ0) is 10.7. The number of benzene rings is 1. The monoisotopic (exact) mass is 219 g/mol. The average Bonchev–Trinajstić information content (AvgIpc) is 2.65. The van der Waals surface area contributed by atoms with Crippen LogP contribution in [-0.2, 0) is 13.6 Å². The molecule has 2 aromatic rings. The molecule has 78 valence electrons. The Balaban J connectivity index is 2.28. The largest absolute Gasteiger partial charge is 0.329 e. The third-order valence-corrected chi connectivity index (χ3v) is 3.36. The Labute approximate surface area is 93.3 Å². The maximum absolute atomic E-state index is 5.68. The minimum atomic E-state index is 0.563. The summed E-state index contributed by atoms with van der Waals surface area (Å²) in [6, 6.07) is 8.14. The first-order chi connectivity index (χ1) is 7.31. The first kappa shape index (κ1) is 10.3. The van der Waals surface area contributed by atoms with Gasteiger partial charge in [0.25, 0.3) is 0 Å². The van der Waals surface area contributed by atoms with Crippen LogP contribution < -0.4 is 5.73 Å². The number of rotatable bonds is 3. The van der Waals surface area contributed by atoms with Gasteiger partial charge in [0, 0.05) is 30.9 Å². The van der Waals surface area contributed by atoms with Crippen LogP contribution in [0, 0.1) is 0 Å². The van der Waals surface area contributed by atoms with Crippen molar-refractivity contribution in [2.75, 3.05) is 0 Å². The molecule has 1 heterocycles. The van der Waals surface area contributed by atoms with Crippen LogP contribution in [-0.4, -0.2) is 9.55 Å². The number of imidazole rings is 1. The number of nitrogens with two attached hydrogens (primary N) is 1. The topological polar surface area (TPSA) is 43.8 Å². The summed E-state index contributed by atoms with van der Waals surface area (Å²) in [5.41, 5.74) is 6.83. The molecule has 4 heteroatoms. The van der Waals surface area contributed by atoms with Gasteiger partial charge in [-0.3, -0.25) is 0 Å². The molecule has 0 saturated carbocycles. The van der Waals surface area contributed by atoms with E-state index < -0.39 is 0 Å². The molecule has 0 radical (unpaired) electrons. The Morgan fingerprint density at radius 3 is 2.87 bits per heavy atom. The van der Waals surface area contributed by atoms with Gasteiger partial charge in [0.1, 0.15) is 0 Å². The zero-order valence-corrected chi connectivity index (χ0v) is 9.37. The Morgan fingerprint density at radius 1 is 1.40 bits per heavy atom. The average molecular weight is 219 g/mol. The van der Waals surface area contributed by atoms with Crippen molar-refractivity contribution in [3.63, 3.8) is 0 Å². The Hall–Kier alpha value is -1.26. The van der Waals surface area contributed by atoms with Crippen molar-refractivity contribution in [1.82, 2.24) is 9.55 Å². The lowest BCUT2D eigenvalue weighted by molar-refractivity contribution is 0.789. The fraction of sp³-hybridized carbons (Fsp3) is 0.182. The van der Waals surface area contributed by atoms with E-state index in [1.54, 1.807) is 18.0 Å². The van der Waals surface area contributed by atoms with E-state index in [1.807, 2.05) is 36.0 Å². The molecule has 0 spiro atoms. The first-order valence-corrected chi connectivity index (χ1v) is 5.56. The molecular weight excluding hydrogens is 206 g/mol. The summed E-state index contributed by atoms with van der Waals surface area (Å²) in [5.74, 6) is 0. The molecule has 0 saturated heterocycles. The van der Waals surface area contributed by atoms with E-state index in [1.165, 1.54) is 4.90 Å². The predicted molar refractivity (Wildman–Crippen MR) is 61.7 cm³/mol. The number of hydrogen-bond donors (Lipinski definition) is 1. The van der Waals surface area contributed by atoms with E-state index in [0.717, 1.165) is 10.7 Å². The van der Waals surface area contributed by atoms with Crippen LogP contribution in [0.2, 0.25) is 0 Å². The first-order valence-electron chi connectivity index (χ1n) is 4.74. The molecule has 0 bridgehead atoms. The van der Waals surface area contributed by atoms with Gasteiger partial charge in [-0.1, -0.05) is 30.0 Å². The molecule has 0 unspecified atom stereocenters.